The van der Waals surface area contributed by atoms with Crippen LogP contribution in [-0.4, -0.2) is 53.3 Å². The molecule has 35 heavy (non-hydrogen) atoms. The number of ether oxygens (including phenoxy) is 1. The Balaban J connectivity index is 1.89. The van der Waals surface area contributed by atoms with E-state index in [-0.39, 0.29) is 31.0 Å². The maximum atomic E-state index is 13.1. The number of carbonyl (C=O) groups excluding carboxylic acids is 2. The molecule has 0 saturated heterocycles. The standard InChI is InChI=1S/C25H27Cl3N4O3/c1-25(2,3)21-14-22(32(30-21)16-9-10-19(27)20(28)13-16)29-23(33)15-31(11-12-35-4)24(34)17-7-5-6-8-18(17)26/h5-10,13-14H,11-12,15H2,1-4H3,(H,29,33). The largest absolute Gasteiger partial charge is 0.383 e. The van der Waals surface area contributed by atoms with Crippen molar-refractivity contribution in [3.8, 4) is 5.69 Å². The second-order valence-corrected chi connectivity index (χ2v) is 10.1. The fourth-order valence-electron chi connectivity index (χ4n) is 3.26. The quantitative estimate of drug-likeness (QED) is 0.391. The zero-order chi connectivity index (χ0) is 25.8. The van der Waals surface area contributed by atoms with Gasteiger partial charge in [0, 0.05) is 25.1 Å². The Kier molecular flexibility index (Phi) is 8.83. The average molecular weight is 538 g/mol. The van der Waals surface area contributed by atoms with E-state index in [1.165, 1.54) is 12.0 Å². The third-order valence-electron chi connectivity index (χ3n) is 5.18. The van der Waals surface area contributed by atoms with Crippen molar-refractivity contribution in [2.75, 3.05) is 32.1 Å². The number of rotatable bonds is 8. The molecule has 10 heteroatoms. The van der Waals surface area contributed by atoms with Crippen molar-refractivity contribution in [2.24, 2.45) is 0 Å². The molecule has 3 rings (SSSR count). The van der Waals surface area contributed by atoms with Crippen molar-refractivity contribution in [1.29, 1.82) is 0 Å². The number of hydrogen-bond donors (Lipinski definition) is 1. The summed E-state index contributed by atoms with van der Waals surface area (Å²) in [6, 6.07) is 13.6. The lowest BCUT2D eigenvalue weighted by Crippen LogP contribution is -2.40. The first-order valence-corrected chi connectivity index (χ1v) is 12.0. The molecule has 1 N–H and O–H groups in total. The molecular formula is C25H27Cl3N4O3. The molecule has 0 atom stereocenters. The molecule has 7 nitrogen and oxygen atoms in total. The summed E-state index contributed by atoms with van der Waals surface area (Å²) in [4.78, 5) is 27.6. The number of halogens is 3. The number of amides is 2. The van der Waals surface area contributed by atoms with E-state index in [0.29, 0.717) is 32.1 Å². The summed E-state index contributed by atoms with van der Waals surface area (Å²) < 4.78 is 6.72. The van der Waals surface area contributed by atoms with Crippen LogP contribution in [-0.2, 0) is 14.9 Å². The summed E-state index contributed by atoms with van der Waals surface area (Å²) in [6.45, 7) is 6.34. The Morgan fingerprint density at radius 3 is 2.37 bits per heavy atom. The normalized spacial score (nSPS) is 11.4. The molecule has 0 unspecified atom stereocenters. The molecule has 0 bridgehead atoms. The second-order valence-electron chi connectivity index (χ2n) is 8.92. The van der Waals surface area contributed by atoms with Crippen molar-refractivity contribution in [3.63, 3.8) is 0 Å². The number of carbonyl (C=O) groups is 2. The van der Waals surface area contributed by atoms with E-state index in [0.717, 1.165) is 5.69 Å². The molecule has 2 amide bonds. The van der Waals surface area contributed by atoms with Crippen LogP contribution < -0.4 is 5.32 Å². The van der Waals surface area contributed by atoms with E-state index in [1.54, 1.807) is 53.2 Å². The van der Waals surface area contributed by atoms with Gasteiger partial charge in [0.25, 0.3) is 5.91 Å². The Labute approximate surface area is 219 Å². The SMILES string of the molecule is COCCN(CC(=O)Nc1cc(C(C)(C)C)nn1-c1ccc(Cl)c(Cl)c1)C(=O)c1ccccc1Cl. The number of nitrogens with zero attached hydrogens (tertiary/aromatic N) is 3. The Morgan fingerprint density at radius 2 is 1.74 bits per heavy atom. The summed E-state index contributed by atoms with van der Waals surface area (Å²) in [5, 5.41) is 8.65. The predicted molar refractivity (Wildman–Crippen MR) is 140 cm³/mol. The predicted octanol–water partition coefficient (Wildman–Crippen LogP) is 5.86. The van der Waals surface area contributed by atoms with Crippen molar-refractivity contribution in [1.82, 2.24) is 14.7 Å². The first-order chi connectivity index (χ1) is 16.5. The molecule has 0 fully saturated rings. The summed E-state index contributed by atoms with van der Waals surface area (Å²) in [6.07, 6.45) is 0. The number of hydrogen-bond acceptors (Lipinski definition) is 4. The topological polar surface area (TPSA) is 76.5 Å². The summed E-state index contributed by atoms with van der Waals surface area (Å²) in [5.74, 6) is -0.324. The average Bonchev–Trinajstić information content (AvgIpc) is 3.22. The van der Waals surface area contributed by atoms with Crippen LogP contribution in [0.5, 0.6) is 0 Å². The molecule has 2 aromatic carbocycles. The molecule has 0 saturated carbocycles. The van der Waals surface area contributed by atoms with Gasteiger partial charge in [-0.25, -0.2) is 4.68 Å². The number of benzene rings is 2. The molecule has 1 heterocycles. The van der Waals surface area contributed by atoms with Gasteiger partial charge in [-0.1, -0.05) is 67.7 Å². The van der Waals surface area contributed by atoms with Gasteiger partial charge in [-0.15, -0.1) is 0 Å². The molecular weight excluding hydrogens is 511 g/mol. The number of anilines is 1. The van der Waals surface area contributed by atoms with Crippen LogP contribution in [0.25, 0.3) is 5.69 Å². The van der Waals surface area contributed by atoms with Gasteiger partial charge in [0.15, 0.2) is 0 Å². The van der Waals surface area contributed by atoms with Crippen molar-refractivity contribution in [3.05, 3.63) is 74.9 Å². The third kappa shape index (κ3) is 6.76. The van der Waals surface area contributed by atoms with E-state index >= 15 is 0 Å². The highest BCUT2D eigenvalue weighted by Crippen LogP contribution is 2.29. The maximum Gasteiger partial charge on any atom is 0.255 e. The lowest BCUT2D eigenvalue weighted by molar-refractivity contribution is -0.117. The van der Waals surface area contributed by atoms with Crippen LogP contribution in [0.4, 0.5) is 5.82 Å². The molecule has 0 aliphatic carbocycles. The Hall–Kier alpha value is -2.58. The summed E-state index contributed by atoms with van der Waals surface area (Å²) in [5.41, 5.74) is 1.44. The third-order valence-corrected chi connectivity index (χ3v) is 6.25. The van der Waals surface area contributed by atoms with E-state index in [4.69, 9.17) is 39.5 Å². The van der Waals surface area contributed by atoms with Crippen LogP contribution in [0.1, 0.15) is 36.8 Å². The van der Waals surface area contributed by atoms with Gasteiger partial charge in [0.2, 0.25) is 5.91 Å². The van der Waals surface area contributed by atoms with Crippen LogP contribution in [0.15, 0.2) is 48.5 Å². The van der Waals surface area contributed by atoms with E-state index in [2.05, 4.69) is 10.4 Å². The maximum absolute atomic E-state index is 13.1. The van der Waals surface area contributed by atoms with Crippen molar-refractivity contribution >= 4 is 52.4 Å². The number of aromatic nitrogens is 2. The minimum Gasteiger partial charge on any atom is -0.383 e. The second kappa shape index (κ2) is 11.4. The number of methoxy groups -OCH3 is 1. The van der Waals surface area contributed by atoms with Crippen molar-refractivity contribution in [2.45, 2.75) is 26.2 Å². The van der Waals surface area contributed by atoms with Gasteiger partial charge < -0.3 is 15.0 Å². The van der Waals surface area contributed by atoms with E-state index in [1.807, 2.05) is 20.8 Å². The van der Waals surface area contributed by atoms with Crippen LogP contribution in [0.2, 0.25) is 15.1 Å². The molecule has 0 aliphatic rings. The van der Waals surface area contributed by atoms with Gasteiger partial charge in [-0.2, -0.15) is 5.10 Å². The number of nitrogens with one attached hydrogen (secondary N) is 1. The van der Waals surface area contributed by atoms with E-state index < -0.39 is 5.91 Å². The molecule has 3 aromatic rings. The summed E-state index contributed by atoms with van der Waals surface area (Å²) >= 11 is 18.5. The van der Waals surface area contributed by atoms with Crippen LogP contribution >= 0.6 is 34.8 Å². The van der Waals surface area contributed by atoms with Gasteiger partial charge >= 0.3 is 0 Å². The fourth-order valence-corrected chi connectivity index (χ4v) is 3.77. The summed E-state index contributed by atoms with van der Waals surface area (Å²) in [7, 11) is 1.53. The highest BCUT2D eigenvalue weighted by Gasteiger charge is 2.24. The zero-order valence-electron chi connectivity index (χ0n) is 19.9. The minimum atomic E-state index is -0.400. The molecule has 0 aliphatic heterocycles. The molecule has 186 valence electrons. The monoisotopic (exact) mass is 536 g/mol. The lowest BCUT2D eigenvalue weighted by atomic mass is 9.92. The lowest BCUT2D eigenvalue weighted by Gasteiger charge is -2.22. The van der Waals surface area contributed by atoms with Gasteiger partial charge in [0.1, 0.15) is 12.4 Å². The highest BCUT2D eigenvalue weighted by atomic mass is 35.5. The molecule has 0 radical (unpaired) electrons. The van der Waals surface area contributed by atoms with Gasteiger partial charge in [0.05, 0.1) is 38.6 Å². The molecule has 0 spiro atoms. The first kappa shape index (κ1) is 27.0. The van der Waals surface area contributed by atoms with Gasteiger partial charge in [-0.05, 0) is 30.3 Å². The zero-order valence-corrected chi connectivity index (χ0v) is 22.2. The van der Waals surface area contributed by atoms with Crippen LogP contribution in [0.3, 0.4) is 0 Å². The van der Waals surface area contributed by atoms with Crippen LogP contribution in [0, 0.1) is 0 Å². The Morgan fingerprint density at radius 1 is 1.03 bits per heavy atom. The fraction of sp³-hybridized carbons (Fsp3) is 0.320. The van der Waals surface area contributed by atoms with E-state index in [9.17, 15) is 9.59 Å². The molecule has 1 aromatic heterocycles. The minimum absolute atomic E-state index is 0.204. The van der Waals surface area contributed by atoms with Gasteiger partial charge in [-0.3, -0.25) is 9.59 Å². The smallest absolute Gasteiger partial charge is 0.255 e. The Bertz CT molecular complexity index is 1220. The highest BCUT2D eigenvalue weighted by molar-refractivity contribution is 6.42. The van der Waals surface area contributed by atoms with Crippen molar-refractivity contribution < 1.29 is 14.3 Å². The first-order valence-electron chi connectivity index (χ1n) is 10.9.